The SMILES string of the molecule is Cc1ccnc(-c2[c-]cc(C)c(-c3cc(-c4nc(C)ccc4C)cc(-c4cc5ncccc5c5ccccc45)c3)c2)c1.[Ir].[c-]1cccc(-c2ccccc2)c1-c1ccccn1. The Morgan fingerprint density at radius 3 is 1.97 bits per heavy atom. The van der Waals surface area contributed by atoms with E-state index >= 15 is 0 Å². The molecule has 0 fully saturated rings. The minimum Gasteiger partial charge on any atom is -0.305 e. The van der Waals surface area contributed by atoms with Crippen LogP contribution in [0.15, 0.2) is 182 Å². The van der Waals surface area contributed by atoms with E-state index < -0.39 is 0 Å². The molecule has 4 aromatic heterocycles. The first-order valence-corrected chi connectivity index (χ1v) is 20.2. The largest absolute Gasteiger partial charge is 0.305 e. The molecule has 0 aliphatic heterocycles. The number of benzene rings is 6. The van der Waals surface area contributed by atoms with E-state index in [1.807, 2.05) is 79.3 Å². The summed E-state index contributed by atoms with van der Waals surface area (Å²) in [7, 11) is 0. The van der Waals surface area contributed by atoms with E-state index in [4.69, 9.17) is 9.97 Å². The zero-order valence-electron chi connectivity index (χ0n) is 34.4. The summed E-state index contributed by atoms with van der Waals surface area (Å²) in [6.07, 6.45) is 5.54. The molecule has 0 atom stereocenters. The Morgan fingerprint density at radius 1 is 0.443 bits per heavy atom. The van der Waals surface area contributed by atoms with Gasteiger partial charge in [0.1, 0.15) is 0 Å². The first-order chi connectivity index (χ1) is 29.4. The zero-order chi connectivity index (χ0) is 41.0. The number of rotatable bonds is 6. The molecule has 0 aliphatic carbocycles. The van der Waals surface area contributed by atoms with Crippen molar-refractivity contribution in [3.63, 3.8) is 0 Å². The Labute approximate surface area is 371 Å². The van der Waals surface area contributed by atoms with E-state index in [1.54, 1.807) is 0 Å². The second-order valence-corrected chi connectivity index (χ2v) is 15.2. The molecular weight excluding hydrogens is 921 g/mol. The standard InChI is InChI=1S/C39H30N3.C17H12N.Ir/c1-24-15-17-41-37(18-24)28-14-12-25(2)35(22-28)29-19-30(21-31(20-29)39-26(3)11-13-27(4)42-39)36-23-38-34(10-7-16-40-38)32-8-5-6-9-33(32)36;1-2-8-14(9-3-1)15-10-4-5-11-16(15)17-12-6-7-13-18-17;/h5-13,15-23H,1-4H3;1-10,12-13H;/q2*-1;. The van der Waals surface area contributed by atoms with Gasteiger partial charge in [-0.15, -0.1) is 59.2 Å². The van der Waals surface area contributed by atoms with Crippen molar-refractivity contribution in [2.24, 2.45) is 0 Å². The van der Waals surface area contributed by atoms with Crippen LogP contribution in [0.4, 0.5) is 0 Å². The minimum atomic E-state index is 0. The predicted molar refractivity (Wildman–Crippen MR) is 248 cm³/mol. The maximum Gasteiger partial charge on any atom is 0.0734 e. The molecule has 0 spiro atoms. The number of hydrogen-bond donors (Lipinski definition) is 0. The summed E-state index contributed by atoms with van der Waals surface area (Å²) in [4.78, 5) is 18.8. The fraction of sp³-hybridized carbons (Fsp3) is 0.0714. The van der Waals surface area contributed by atoms with Crippen LogP contribution in [0.25, 0.3) is 88.8 Å². The number of nitrogens with zero attached hydrogens (tertiary/aromatic N) is 4. The third-order valence-electron chi connectivity index (χ3n) is 10.9. The third kappa shape index (κ3) is 8.72. The topological polar surface area (TPSA) is 51.6 Å². The van der Waals surface area contributed by atoms with Crippen molar-refractivity contribution in [2.75, 3.05) is 0 Å². The van der Waals surface area contributed by atoms with Crippen molar-refractivity contribution in [1.29, 1.82) is 0 Å². The summed E-state index contributed by atoms with van der Waals surface area (Å²) in [5.74, 6) is 0. The van der Waals surface area contributed by atoms with Crippen LogP contribution in [0.3, 0.4) is 0 Å². The van der Waals surface area contributed by atoms with Crippen LogP contribution in [0.5, 0.6) is 0 Å². The Morgan fingerprint density at radius 2 is 1.16 bits per heavy atom. The number of fused-ring (bicyclic) bond motifs is 3. The van der Waals surface area contributed by atoms with Gasteiger partial charge in [0.2, 0.25) is 0 Å². The average molecular weight is 963 g/mol. The fourth-order valence-corrected chi connectivity index (χ4v) is 7.88. The molecule has 297 valence electrons. The van der Waals surface area contributed by atoms with Crippen LogP contribution >= 0.6 is 0 Å². The molecule has 0 N–H and O–H groups in total. The summed E-state index contributed by atoms with van der Waals surface area (Å²) in [6, 6.07) is 63.6. The van der Waals surface area contributed by atoms with E-state index in [-0.39, 0.29) is 20.1 Å². The van der Waals surface area contributed by atoms with Crippen LogP contribution in [0.1, 0.15) is 22.4 Å². The van der Waals surface area contributed by atoms with Gasteiger partial charge in [0.05, 0.1) is 11.2 Å². The number of pyridine rings is 4. The van der Waals surface area contributed by atoms with Gasteiger partial charge >= 0.3 is 0 Å². The maximum atomic E-state index is 4.99. The van der Waals surface area contributed by atoms with E-state index in [1.165, 1.54) is 21.9 Å². The molecule has 10 aromatic rings. The smallest absolute Gasteiger partial charge is 0.0734 e. The fourth-order valence-electron chi connectivity index (χ4n) is 7.88. The van der Waals surface area contributed by atoms with Crippen molar-refractivity contribution < 1.29 is 20.1 Å². The van der Waals surface area contributed by atoms with Gasteiger partial charge in [-0.2, -0.15) is 0 Å². The molecule has 0 bridgehead atoms. The van der Waals surface area contributed by atoms with E-state index in [0.717, 1.165) is 89.3 Å². The van der Waals surface area contributed by atoms with Gasteiger partial charge in [0, 0.05) is 55.3 Å². The number of hydrogen-bond acceptors (Lipinski definition) is 4. The Bertz CT molecular complexity index is 3080. The molecule has 4 heterocycles. The van der Waals surface area contributed by atoms with E-state index in [9.17, 15) is 0 Å². The van der Waals surface area contributed by atoms with Crippen molar-refractivity contribution >= 4 is 21.7 Å². The number of aryl methyl sites for hydroxylation is 4. The van der Waals surface area contributed by atoms with Gasteiger partial charge in [-0.3, -0.25) is 9.97 Å². The zero-order valence-corrected chi connectivity index (χ0v) is 36.8. The average Bonchev–Trinajstić information content (AvgIpc) is 3.30. The molecule has 6 aromatic carbocycles. The summed E-state index contributed by atoms with van der Waals surface area (Å²) >= 11 is 0. The van der Waals surface area contributed by atoms with Gasteiger partial charge < -0.3 is 9.97 Å². The van der Waals surface area contributed by atoms with Gasteiger partial charge in [-0.1, -0.05) is 114 Å². The molecule has 0 aliphatic rings. The summed E-state index contributed by atoms with van der Waals surface area (Å²) in [5.41, 5.74) is 18.4. The molecule has 10 rings (SSSR count). The van der Waals surface area contributed by atoms with Crippen molar-refractivity contribution in [3.8, 4) is 67.2 Å². The van der Waals surface area contributed by atoms with Crippen molar-refractivity contribution in [1.82, 2.24) is 19.9 Å². The first kappa shape index (κ1) is 40.9. The predicted octanol–water partition coefficient (Wildman–Crippen LogP) is 14.1. The molecule has 0 saturated carbocycles. The van der Waals surface area contributed by atoms with Gasteiger partial charge in [-0.05, 0) is 114 Å². The molecule has 5 heteroatoms. The molecule has 61 heavy (non-hydrogen) atoms. The van der Waals surface area contributed by atoms with Crippen molar-refractivity contribution in [3.05, 3.63) is 217 Å². The second kappa shape index (κ2) is 18.1. The van der Waals surface area contributed by atoms with Crippen molar-refractivity contribution in [2.45, 2.75) is 27.7 Å². The quantitative estimate of drug-likeness (QED) is 0.123. The molecule has 4 nitrogen and oxygen atoms in total. The van der Waals surface area contributed by atoms with Crippen LogP contribution in [-0.4, -0.2) is 19.9 Å². The second-order valence-electron chi connectivity index (χ2n) is 15.2. The van der Waals surface area contributed by atoms with Crippen LogP contribution < -0.4 is 0 Å². The summed E-state index contributed by atoms with van der Waals surface area (Å²) in [6.45, 7) is 8.43. The van der Waals surface area contributed by atoms with Crippen LogP contribution in [0.2, 0.25) is 0 Å². The molecular formula is C56H42IrN4-2. The van der Waals surface area contributed by atoms with E-state index in [0.29, 0.717) is 0 Å². The Kier molecular flexibility index (Phi) is 12.2. The monoisotopic (exact) mass is 963 g/mol. The third-order valence-corrected chi connectivity index (χ3v) is 10.9. The number of aromatic nitrogens is 4. The first-order valence-electron chi connectivity index (χ1n) is 20.2. The summed E-state index contributed by atoms with van der Waals surface area (Å²) < 4.78 is 0. The Balaban J connectivity index is 0.000000226. The molecule has 0 amide bonds. The molecule has 1 radical (unpaired) electrons. The summed E-state index contributed by atoms with van der Waals surface area (Å²) in [5, 5.41) is 3.57. The Hall–Kier alpha value is -6.91. The van der Waals surface area contributed by atoms with Crippen LogP contribution in [0, 0.1) is 39.8 Å². The molecule has 0 saturated heterocycles. The van der Waals surface area contributed by atoms with Gasteiger partial charge in [-0.25, -0.2) is 0 Å². The minimum absolute atomic E-state index is 0. The van der Waals surface area contributed by atoms with Crippen LogP contribution in [-0.2, 0) is 20.1 Å². The normalized spacial score (nSPS) is 10.8. The van der Waals surface area contributed by atoms with E-state index in [2.05, 4.69) is 153 Å². The maximum absolute atomic E-state index is 4.99. The molecule has 0 unspecified atom stereocenters. The van der Waals surface area contributed by atoms with Gasteiger partial charge in [0.25, 0.3) is 0 Å². The van der Waals surface area contributed by atoms with Gasteiger partial charge in [0.15, 0.2) is 0 Å².